The van der Waals surface area contributed by atoms with Crippen molar-refractivity contribution in [1.29, 1.82) is 0 Å². The topological polar surface area (TPSA) is 18.5 Å². The minimum Gasteiger partial charge on any atom is -0.237 e. The minimum absolute atomic E-state index is 0.649. The van der Waals surface area contributed by atoms with E-state index in [1.165, 1.54) is 44.9 Å². The fourth-order valence-corrected chi connectivity index (χ4v) is 1.84. The van der Waals surface area contributed by atoms with Crippen molar-refractivity contribution >= 4 is 0 Å². The maximum Gasteiger partial charge on any atom is 0.0847 e. The summed E-state index contributed by atoms with van der Waals surface area (Å²) in [6.45, 7) is 3.77. The molecule has 0 radical (unpaired) electrons. The zero-order valence-electron chi connectivity index (χ0n) is 9.46. The van der Waals surface area contributed by atoms with E-state index >= 15 is 0 Å². The Labute approximate surface area is 87.9 Å². The van der Waals surface area contributed by atoms with Gasteiger partial charge >= 0.3 is 0 Å². The Morgan fingerprint density at radius 3 is 2.21 bits per heavy atom. The Bertz CT molecular complexity index is 111. The first kappa shape index (κ1) is 12.0. The summed E-state index contributed by atoms with van der Waals surface area (Å²) in [7, 11) is 0. The van der Waals surface area contributed by atoms with Gasteiger partial charge in [-0.3, -0.25) is 0 Å². The fraction of sp³-hybridized carbons (Fsp3) is 1.00. The van der Waals surface area contributed by atoms with Crippen LogP contribution in [0.2, 0.25) is 0 Å². The fourth-order valence-electron chi connectivity index (χ4n) is 1.84. The van der Waals surface area contributed by atoms with Crippen molar-refractivity contribution in [2.24, 2.45) is 5.92 Å². The molecule has 84 valence electrons. The molecule has 0 aromatic carbocycles. The van der Waals surface area contributed by atoms with Crippen LogP contribution in [0.3, 0.4) is 0 Å². The molecule has 1 aliphatic heterocycles. The number of hydrogen-bond acceptors (Lipinski definition) is 2. The Kier molecular flexibility index (Phi) is 7.06. The Morgan fingerprint density at radius 1 is 0.786 bits per heavy atom. The van der Waals surface area contributed by atoms with Crippen molar-refractivity contribution in [3.8, 4) is 0 Å². The first-order chi connectivity index (χ1) is 6.89. The van der Waals surface area contributed by atoms with Crippen LogP contribution < -0.4 is 0 Å². The molecular formula is C12H24O2. The summed E-state index contributed by atoms with van der Waals surface area (Å²) in [5, 5.41) is 0. The zero-order valence-corrected chi connectivity index (χ0v) is 9.46. The molecule has 1 atom stereocenters. The van der Waals surface area contributed by atoms with Crippen molar-refractivity contribution in [3.63, 3.8) is 0 Å². The third-order valence-electron chi connectivity index (χ3n) is 2.86. The van der Waals surface area contributed by atoms with Gasteiger partial charge in [-0.2, -0.15) is 0 Å². The van der Waals surface area contributed by atoms with Crippen LogP contribution in [0, 0.1) is 5.92 Å². The van der Waals surface area contributed by atoms with Gasteiger partial charge in [0, 0.05) is 0 Å². The van der Waals surface area contributed by atoms with E-state index in [0.29, 0.717) is 5.92 Å². The summed E-state index contributed by atoms with van der Waals surface area (Å²) >= 11 is 0. The van der Waals surface area contributed by atoms with Crippen LogP contribution in [0.5, 0.6) is 0 Å². The van der Waals surface area contributed by atoms with E-state index in [2.05, 4.69) is 6.92 Å². The van der Waals surface area contributed by atoms with Crippen molar-refractivity contribution < 1.29 is 9.78 Å². The van der Waals surface area contributed by atoms with E-state index in [9.17, 15) is 0 Å². The van der Waals surface area contributed by atoms with Gasteiger partial charge < -0.3 is 0 Å². The Hall–Kier alpha value is -0.0800. The molecule has 0 N–H and O–H groups in total. The first-order valence-electron chi connectivity index (χ1n) is 6.14. The molecule has 2 nitrogen and oxygen atoms in total. The molecule has 0 spiro atoms. The molecular weight excluding hydrogens is 176 g/mol. The molecule has 1 saturated heterocycles. The van der Waals surface area contributed by atoms with Crippen molar-refractivity contribution in [1.82, 2.24) is 0 Å². The molecule has 0 aromatic rings. The third-order valence-corrected chi connectivity index (χ3v) is 2.86. The van der Waals surface area contributed by atoms with Crippen LogP contribution in [0.15, 0.2) is 0 Å². The van der Waals surface area contributed by atoms with Crippen LogP contribution in [0.1, 0.15) is 58.3 Å². The SMILES string of the molecule is CC1CCCCCCCCCOOC1. The molecule has 14 heavy (non-hydrogen) atoms. The molecule has 0 bridgehead atoms. The van der Waals surface area contributed by atoms with Gasteiger partial charge in [-0.05, 0) is 18.8 Å². The van der Waals surface area contributed by atoms with Crippen molar-refractivity contribution in [2.45, 2.75) is 58.3 Å². The van der Waals surface area contributed by atoms with Gasteiger partial charge in [-0.1, -0.05) is 45.4 Å². The number of hydrogen-bond donors (Lipinski definition) is 0. The molecule has 0 saturated carbocycles. The predicted molar refractivity (Wildman–Crippen MR) is 58.0 cm³/mol. The van der Waals surface area contributed by atoms with Gasteiger partial charge in [0.25, 0.3) is 0 Å². The summed E-state index contributed by atoms with van der Waals surface area (Å²) in [5.74, 6) is 0.649. The van der Waals surface area contributed by atoms with E-state index in [1.807, 2.05) is 0 Å². The first-order valence-corrected chi connectivity index (χ1v) is 6.14. The summed E-state index contributed by atoms with van der Waals surface area (Å²) in [5.41, 5.74) is 0. The highest BCUT2D eigenvalue weighted by molar-refractivity contribution is 4.53. The molecule has 1 aliphatic rings. The lowest BCUT2D eigenvalue weighted by Crippen LogP contribution is -2.07. The molecule has 0 aliphatic carbocycles. The van der Waals surface area contributed by atoms with Gasteiger partial charge in [-0.25, -0.2) is 9.78 Å². The smallest absolute Gasteiger partial charge is 0.0847 e. The number of rotatable bonds is 0. The lowest BCUT2D eigenvalue weighted by Gasteiger charge is -2.10. The lowest BCUT2D eigenvalue weighted by molar-refractivity contribution is -0.301. The highest BCUT2D eigenvalue weighted by Gasteiger charge is 2.03. The normalized spacial score (nSPS) is 28.5. The molecule has 1 unspecified atom stereocenters. The van der Waals surface area contributed by atoms with E-state index in [4.69, 9.17) is 9.78 Å². The summed E-state index contributed by atoms with van der Waals surface area (Å²) in [6.07, 6.45) is 10.6. The lowest BCUT2D eigenvalue weighted by atomic mass is 10.0. The Balaban J connectivity index is 2.12. The highest BCUT2D eigenvalue weighted by atomic mass is 17.2. The second-order valence-corrected chi connectivity index (χ2v) is 4.48. The van der Waals surface area contributed by atoms with Crippen LogP contribution >= 0.6 is 0 Å². The second kappa shape index (κ2) is 8.25. The third kappa shape index (κ3) is 6.39. The zero-order chi connectivity index (χ0) is 10.1. The highest BCUT2D eigenvalue weighted by Crippen LogP contribution is 2.14. The molecule has 2 heteroatoms. The largest absolute Gasteiger partial charge is 0.237 e. The maximum atomic E-state index is 5.16. The quantitative estimate of drug-likeness (QED) is 0.555. The van der Waals surface area contributed by atoms with Crippen molar-refractivity contribution in [3.05, 3.63) is 0 Å². The van der Waals surface area contributed by atoms with Crippen LogP contribution in [0.4, 0.5) is 0 Å². The van der Waals surface area contributed by atoms with E-state index < -0.39 is 0 Å². The molecule has 0 amide bonds. The van der Waals surface area contributed by atoms with Gasteiger partial charge in [-0.15, -0.1) is 0 Å². The van der Waals surface area contributed by atoms with Gasteiger partial charge in [0.1, 0.15) is 0 Å². The summed E-state index contributed by atoms with van der Waals surface area (Å²) in [6, 6.07) is 0. The molecule has 1 heterocycles. The molecule has 1 fully saturated rings. The predicted octanol–water partition coefficient (Wildman–Crippen LogP) is 3.71. The van der Waals surface area contributed by atoms with Crippen LogP contribution in [0.25, 0.3) is 0 Å². The van der Waals surface area contributed by atoms with E-state index in [0.717, 1.165) is 19.6 Å². The van der Waals surface area contributed by atoms with E-state index in [1.54, 1.807) is 0 Å². The average molecular weight is 200 g/mol. The average Bonchev–Trinajstić information content (AvgIpc) is 2.20. The van der Waals surface area contributed by atoms with Crippen molar-refractivity contribution in [2.75, 3.05) is 13.2 Å². The maximum absolute atomic E-state index is 5.16. The molecule has 1 rings (SSSR count). The standard InChI is InChI=1S/C12H24O2/c1-12-9-7-5-3-2-4-6-8-10-13-14-11-12/h12H,2-11H2,1H3. The second-order valence-electron chi connectivity index (χ2n) is 4.48. The molecule has 0 aromatic heterocycles. The Morgan fingerprint density at radius 2 is 1.43 bits per heavy atom. The van der Waals surface area contributed by atoms with Crippen LogP contribution in [-0.4, -0.2) is 13.2 Å². The summed E-state index contributed by atoms with van der Waals surface area (Å²) < 4.78 is 0. The minimum atomic E-state index is 0.649. The van der Waals surface area contributed by atoms with E-state index in [-0.39, 0.29) is 0 Å². The monoisotopic (exact) mass is 200 g/mol. The van der Waals surface area contributed by atoms with Gasteiger partial charge in [0.05, 0.1) is 13.2 Å². The van der Waals surface area contributed by atoms with Gasteiger partial charge in [0.15, 0.2) is 0 Å². The summed E-state index contributed by atoms with van der Waals surface area (Å²) in [4.78, 5) is 10.3. The van der Waals surface area contributed by atoms with Crippen LogP contribution in [-0.2, 0) is 9.78 Å². The van der Waals surface area contributed by atoms with Gasteiger partial charge in [0.2, 0.25) is 0 Å².